The van der Waals surface area contributed by atoms with Gasteiger partial charge in [0, 0.05) is 10.7 Å². The van der Waals surface area contributed by atoms with Crippen LogP contribution < -0.4 is 9.80 Å². The molecule has 84 valence electrons. The molecule has 0 radical (unpaired) electrons. The van der Waals surface area contributed by atoms with Gasteiger partial charge in [0.05, 0.1) is 26.2 Å². The number of benzene rings is 1. The summed E-state index contributed by atoms with van der Waals surface area (Å²) in [5.74, 6) is 0. The van der Waals surface area contributed by atoms with Crippen molar-refractivity contribution >= 4 is 17.3 Å². The van der Waals surface area contributed by atoms with Gasteiger partial charge in [-0.3, -0.25) is 0 Å². The van der Waals surface area contributed by atoms with Crippen LogP contribution >= 0.6 is 11.6 Å². The first-order valence-electron chi connectivity index (χ1n) is 5.50. The van der Waals surface area contributed by atoms with E-state index in [-0.39, 0.29) is 0 Å². The van der Waals surface area contributed by atoms with Crippen molar-refractivity contribution in [3.8, 4) is 6.07 Å². The van der Waals surface area contributed by atoms with Gasteiger partial charge in [0.2, 0.25) is 0 Å². The summed E-state index contributed by atoms with van der Waals surface area (Å²) >= 11 is 5.97. The van der Waals surface area contributed by atoms with Gasteiger partial charge in [0.25, 0.3) is 0 Å². The summed E-state index contributed by atoms with van der Waals surface area (Å²) in [4.78, 5) is 3.70. The zero-order chi connectivity index (χ0) is 11.4. The maximum Gasteiger partial charge on any atom is 0.165 e. The maximum atomic E-state index is 8.64. The van der Waals surface area contributed by atoms with E-state index in [2.05, 4.69) is 17.0 Å². The van der Waals surface area contributed by atoms with E-state index in [4.69, 9.17) is 16.9 Å². The monoisotopic (exact) mass is 236 g/mol. The third-order valence-electron chi connectivity index (χ3n) is 2.97. The molecule has 4 heteroatoms. The lowest BCUT2D eigenvalue weighted by Crippen LogP contribution is -3.14. The molecule has 0 atom stereocenters. The lowest BCUT2D eigenvalue weighted by molar-refractivity contribution is -0.893. The zero-order valence-corrected chi connectivity index (χ0v) is 9.87. The van der Waals surface area contributed by atoms with Crippen molar-refractivity contribution in [1.82, 2.24) is 0 Å². The van der Waals surface area contributed by atoms with Gasteiger partial charge in [-0.2, -0.15) is 5.26 Å². The molecular weight excluding hydrogens is 222 g/mol. The Morgan fingerprint density at radius 1 is 1.38 bits per heavy atom. The molecule has 16 heavy (non-hydrogen) atoms. The van der Waals surface area contributed by atoms with Gasteiger partial charge in [-0.05, 0) is 18.2 Å². The number of hydrogen-bond acceptors (Lipinski definition) is 2. The minimum atomic E-state index is 0.614. The molecule has 0 bridgehead atoms. The highest BCUT2D eigenvalue weighted by Crippen LogP contribution is 2.19. The van der Waals surface area contributed by atoms with Gasteiger partial charge >= 0.3 is 0 Å². The van der Waals surface area contributed by atoms with Gasteiger partial charge in [-0.1, -0.05) is 17.7 Å². The molecule has 1 heterocycles. The predicted molar refractivity (Wildman–Crippen MR) is 64.8 cm³/mol. The number of nitriles is 1. The number of quaternary nitrogens is 1. The van der Waals surface area contributed by atoms with Crippen LogP contribution in [-0.4, -0.2) is 32.7 Å². The van der Waals surface area contributed by atoms with Crippen LogP contribution in [0.15, 0.2) is 24.3 Å². The third-order valence-corrected chi connectivity index (χ3v) is 3.21. The second-order valence-electron chi connectivity index (χ2n) is 4.05. The number of hydrogen-bond donors (Lipinski definition) is 1. The second kappa shape index (κ2) is 5.20. The molecule has 1 fully saturated rings. The normalized spacial score (nSPS) is 17.1. The minimum absolute atomic E-state index is 0.614. The maximum absolute atomic E-state index is 8.64. The average Bonchev–Trinajstić information content (AvgIpc) is 2.30. The highest BCUT2D eigenvalue weighted by molar-refractivity contribution is 6.30. The summed E-state index contributed by atoms with van der Waals surface area (Å²) < 4.78 is 0. The predicted octanol–water partition coefficient (Wildman–Crippen LogP) is 0.568. The van der Waals surface area contributed by atoms with Crippen LogP contribution in [0, 0.1) is 11.3 Å². The van der Waals surface area contributed by atoms with E-state index in [1.165, 1.54) is 10.6 Å². The molecular formula is C12H15ClN3+. The number of piperazine rings is 1. The molecule has 1 aromatic carbocycles. The Balaban J connectivity index is 1.97. The Morgan fingerprint density at radius 2 is 2.12 bits per heavy atom. The topological polar surface area (TPSA) is 31.5 Å². The van der Waals surface area contributed by atoms with Crippen LogP contribution in [0.2, 0.25) is 5.02 Å². The molecule has 2 rings (SSSR count). The standard InChI is InChI=1S/C12H14ClN3/c13-11-2-1-3-12(10-11)16-8-6-15(5-4-14)7-9-16/h1-3,10H,5-9H2/p+1. The smallest absolute Gasteiger partial charge is 0.165 e. The summed E-state index contributed by atoms with van der Waals surface area (Å²) in [6, 6.07) is 10.2. The van der Waals surface area contributed by atoms with Gasteiger partial charge in [0.15, 0.2) is 6.54 Å². The molecule has 0 saturated carbocycles. The summed E-state index contributed by atoms with van der Waals surface area (Å²) in [7, 11) is 0. The van der Waals surface area contributed by atoms with Gasteiger partial charge < -0.3 is 9.80 Å². The molecule has 1 aliphatic heterocycles. The molecule has 1 saturated heterocycles. The summed E-state index contributed by atoms with van der Waals surface area (Å²) in [6.07, 6.45) is 0. The molecule has 0 spiro atoms. The highest BCUT2D eigenvalue weighted by atomic mass is 35.5. The van der Waals surface area contributed by atoms with Gasteiger partial charge in [-0.15, -0.1) is 0 Å². The quantitative estimate of drug-likeness (QED) is 0.762. The van der Waals surface area contributed by atoms with E-state index in [1.807, 2.05) is 18.2 Å². The summed E-state index contributed by atoms with van der Waals surface area (Å²) in [6.45, 7) is 4.66. The largest absolute Gasteiger partial charge is 0.360 e. The van der Waals surface area contributed by atoms with Crippen LogP contribution in [0.3, 0.4) is 0 Å². The van der Waals surface area contributed by atoms with Crippen molar-refractivity contribution in [2.24, 2.45) is 0 Å². The van der Waals surface area contributed by atoms with Crippen molar-refractivity contribution in [3.05, 3.63) is 29.3 Å². The Kier molecular flexibility index (Phi) is 3.66. The number of halogens is 1. The first kappa shape index (κ1) is 11.3. The zero-order valence-electron chi connectivity index (χ0n) is 9.12. The van der Waals surface area contributed by atoms with Crippen LogP contribution in [0.25, 0.3) is 0 Å². The molecule has 3 nitrogen and oxygen atoms in total. The van der Waals surface area contributed by atoms with Crippen molar-refractivity contribution in [2.75, 3.05) is 37.6 Å². The van der Waals surface area contributed by atoms with E-state index >= 15 is 0 Å². The molecule has 0 aromatic heterocycles. The Morgan fingerprint density at radius 3 is 2.75 bits per heavy atom. The highest BCUT2D eigenvalue weighted by Gasteiger charge is 2.19. The Bertz CT molecular complexity index is 391. The van der Waals surface area contributed by atoms with Crippen molar-refractivity contribution in [3.63, 3.8) is 0 Å². The van der Waals surface area contributed by atoms with Crippen LogP contribution in [0.1, 0.15) is 0 Å². The molecule has 1 aromatic rings. The lowest BCUT2D eigenvalue weighted by Gasteiger charge is -2.32. The Hall–Kier alpha value is -1.24. The van der Waals surface area contributed by atoms with E-state index in [9.17, 15) is 0 Å². The van der Waals surface area contributed by atoms with Crippen LogP contribution in [0.4, 0.5) is 5.69 Å². The average molecular weight is 237 g/mol. The minimum Gasteiger partial charge on any atom is -0.360 e. The van der Waals surface area contributed by atoms with Gasteiger partial charge in [-0.25, -0.2) is 0 Å². The fourth-order valence-corrected chi connectivity index (χ4v) is 2.23. The molecule has 0 unspecified atom stereocenters. The van der Waals surface area contributed by atoms with Crippen LogP contribution in [0.5, 0.6) is 0 Å². The molecule has 0 aliphatic carbocycles. The van der Waals surface area contributed by atoms with Crippen molar-refractivity contribution < 1.29 is 4.90 Å². The van der Waals surface area contributed by atoms with Crippen LogP contribution in [-0.2, 0) is 0 Å². The second-order valence-corrected chi connectivity index (χ2v) is 4.49. The first-order valence-corrected chi connectivity index (χ1v) is 5.88. The van der Waals surface area contributed by atoms with E-state index in [1.54, 1.807) is 0 Å². The van der Waals surface area contributed by atoms with E-state index in [0.717, 1.165) is 31.2 Å². The van der Waals surface area contributed by atoms with E-state index in [0.29, 0.717) is 6.54 Å². The summed E-state index contributed by atoms with van der Waals surface area (Å²) in [5.41, 5.74) is 1.18. The molecule has 0 amide bonds. The third kappa shape index (κ3) is 2.66. The lowest BCUT2D eigenvalue weighted by atomic mass is 10.2. The number of anilines is 1. The van der Waals surface area contributed by atoms with E-state index < -0.39 is 0 Å². The fraction of sp³-hybridized carbons (Fsp3) is 0.417. The SMILES string of the molecule is N#CC[NH+]1CCN(c2cccc(Cl)c2)CC1. The number of nitrogens with zero attached hydrogens (tertiary/aromatic N) is 2. The van der Waals surface area contributed by atoms with Crippen molar-refractivity contribution in [2.45, 2.75) is 0 Å². The fourth-order valence-electron chi connectivity index (χ4n) is 2.04. The van der Waals surface area contributed by atoms with Crippen molar-refractivity contribution in [1.29, 1.82) is 5.26 Å². The molecule has 1 N–H and O–H groups in total. The Labute approximate surface area is 101 Å². The summed E-state index contributed by atoms with van der Waals surface area (Å²) in [5, 5.41) is 9.42. The number of nitrogens with one attached hydrogen (secondary N) is 1. The first-order chi connectivity index (χ1) is 7.79. The number of rotatable bonds is 2. The molecule has 1 aliphatic rings. The van der Waals surface area contributed by atoms with Gasteiger partial charge in [0.1, 0.15) is 6.07 Å².